The van der Waals surface area contributed by atoms with Crippen molar-refractivity contribution in [3.05, 3.63) is 89.8 Å². The van der Waals surface area contributed by atoms with E-state index in [1.54, 1.807) is 30.7 Å². The van der Waals surface area contributed by atoms with Gasteiger partial charge >= 0.3 is 5.97 Å². The zero-order chi connectivity index (χ0) is 20.7. The highest BCUT2D eigenvalue weighted by molar-refractivity contribution is 7.20. The molecule has 1 N–H and O–H groups in total. The molecule has 0 unspecified atom stereocenters. The Hall–Kier alpha value is -4.15. The summed E-state index contributed by atoms with van der Waals surface area (Å²) in [5.74, 6) is -0.936. The molecule has 3 heterocycles. The summed E-state index contributed by atoms with van der Waals surface area (Å²) in [4.78, 5) is 15.8. The zero-order valence-electron chi connectivity index (χ0n) is 15.6. The van der Waals surface area contributed by atoms with Gasteiger partial charge in [0.1, 0.15) is 4.88 Å². The van der Waals surface area contributed by atoms with Crippen molar-refractivity contribution in [3.63, 3.8) is 0 Å². The van der Waals surface area contributed by atoms with Gasteiger partial charge in [-0.3, -0.25) is 0 Å². The summed E-state index contributed by atoms with van der Waals surface area (Å²) in [5.41, 5.74) is 5.23. The number of hydrogen-bond acceptors (Lipinski definition) is 4. The Balaban J connectivity index is 1.68. The van der Waals surface area contributed by atoms with Crippen LogP contribution in [0.15, 0.2) is 79.4 Å². The minimum absolute atomic E-state index is 0.296. The fourth-order valence-electron chi connectivity index (χ4n) is 3.49. The minimum atomic E-state index is -0.936. The third-order valence-corrected chi connectivity index (χ3v) is 5.98. The Morgan fingerprint density at radius 1 is 1.03 bits per heavy atom. The number of hydrogen-bond donors (Lipinski definition) is 1. The smallest absolute Gasteiger partial charge is 0.345 e. The van der Waals surface area contributed by atoms with Crippen LogP contribution in [-0.4, -0.2) is 25.2 Å². The van der Waals surface area contributed by atoms with Crippen molar-refractivity contribution >= 4 is 27.5 Å². The first-order chi connectivity index (χ1) is 14.6. The molecule has 0 atom stereocenters. The maximum atomic E-state index is 11.5. The van der Waals surface area contributed by atoms with E-state index in [1.165, 1.54) is 11.3 Å². The minimum Gasteiger partial charge on any atom is -0.477 e. The van der Waals surface area contributed by atoms with Gasteiger partial charge < -0.3 is 14.2 Å². The highest BCUT2D eigenvalue weighted by Gasteiger charge is 2.18. The Labute approximate surface area is 175 Å². The number of aromatic carboxylic acids is 1. The van der Waals surface area contributed by atoms with Gasteiger partial charge in [0.25, 0.3) is 0 Å². The second-order valence-corrected chi connectivity index (χ2v) is 7.79. The number of carbonyl (C=O) groups is 1. The predicted octanol–water partition coefficient (Wildman–Crippen LogP) is 5.11. The molecular formula is C23H14N4O2S. The first-order valence-electron chi connectivity index (χ1n) is 9.12. The lowest BCUT2D eigenvalue weighted by Gasteiger charge is -2.12. The lowest BCUT2D eigenvalue weighted by Crippen LogP contribution is -1.98. The molecule has 30 heavy (non-hydrogen) atoms. The Morgan fingerprint density at radius 2 is 1.77 bits per heavy atom. The molecule has 0 amide bonds. The second kappa shape index (κ2) is 7.03. The van der Waals surface area contributed by atoms with E-state index in [-0.39, 0.29) is 0 Å². The lowest BCUT2D eigenvalue weighted by molar-refractivity contribution is 0.0702. The summed E-state index contributed by atoms with van der Waals surface area (Å²) >= 11 is 1.25. The van der Waals surface area contributed by atoms with Crippen LogP contribution in [0, 0.1) is 11.3 Å². The average Bonchev–Trinajstić information content (AvgIpc) is 3.50. The topological polar surface area (TPSA) is 83.8 Å². The summed E-state index contributed by atoms with van der Waals surface area (Å²) in [5, 5.41) is 18.5. The Bertz CT molecular complexity index is 1400. The molecule has 144 valence electrons. The molecule has 2 aromatic carbocycles. The summed E-state index contributed by atoms with van der Waals surface area (Å²) in [7, 11) is 0. The van der Waals surface area contributed by atoms with Crippen molar-refractivity contribution in [2.45, 2.75) is 0 Å². The molecule has 0 fully saturated rings. The zero-order valence-corrected chi connectivity index (χ0v) is 16.4. The van der Waals surface area contributed by atoms with Gasteiger partial charge in [0, 0.05) is 23.8 Å². The molecule has 0 saturated carbocycles. The predicted molar refractivity (Wildman–Crippen MR) is 115 cm³/mol. The second-order valence-electron chi connectivity index (χ2n) is 6.71. The molecule has 3 aromatic heterocycles. The standard InChI is InChI=1S/C23H14N4O2S/c24-13-15-1-5-18(6-2-15)27-19(11-21-20(27)12-22(30-21)23(28)29)16-3-7-17(8-4-16)26-10-9-25-14-26/h1-12,14H,(H,28,29). The number of nitrogens with zero attached hydrogens (tertiary/aromatic N) is 4. The first kappa shape index (κ1) is 17.9. The van der Waals surface area contributed by atoms with Gasteiger partial charge in [-0.05, 0) is 54.1 Å². The van der Waals surface area contributed by atoms with Crippen molar-refractivity contribution in [1.29, 1.82) is 5.26 Å². The van der Waals surface area contributed by atoms with Crippen LogP contribution < -0.4 is 0 Å². The van der Waals surface area contributed by atoms with Gasteiger partial charge in [0.05, 0.1) is 33.9 Å². The van der Waals surface area contributed by atoms with E-state index in [0.29, 0.717) is 10.4 Å². The number of fused-ring (bicyclic) bond motifs is 1. The average molecular weight is 410 g/mol. The lowest BCUT2D eigenvalue weighted by atomic mass is 10.1. The molecule has 6 nitrogen and oxygen atoms in total. The SMILES string of the molecule is N#Cc1ccc(-n2c(-c3ccc(-n4ccnc4)cc3)cc3sc(C(=O)O)cc32)cc1. The van der Waals surface area contributed by atoms with E-state index in [0.717, 1.165) is 32.8 Å². The first-order valence-corrected chi connectivity index (χ1v) is 9.93. The van der Waals surface area contributed by atoms with E-state index in [4.69, 9.17) is 5.26 Å². The number of benzene rings is 2. The maximum absolute atomic E-state index is 11.5. The third-order valence-electron chi connectivity index (χ3n) is 4.92. The number of nitriles is 1. The van der Waals surface area contributed by atoms with Crippen molar-refractivity contribution in [2.75, 3.05) is 0 Å². The van der Waals surface area contributed by atoms with Crippen molar-refractivity contribution in [2.24, 2.45) is 0 Å². The van der Waals surface area contributed by atoms with Crippen molar-refractivity contribution in [3.8, 4) is 28.7 Å². The van der Waals surface area contributed by atoms with E-state index in [9.17, 15) is 9.90 Å². The van der Waals surface area contributed by atoms with Crippen LogP contribution >= 0.6 is 11.3 Å². The number of thiophene rings is 1. The summed E-state index contributed by atoms with van der Waals surface area (Å²) < 4.78 is 4.86. The highest BCUT2D eigenvalue weighted by Crippen LogP contribution is 2.36. The molecule has 7 heteroatoms. The Morgan fingerprint density at radius 3 is 2.40 bits per heavy atom. The van der Waals surface area contributed by atoms with Gasteiger partial charge in [-0.25, -0.2) is 9.78 Å². The fourth-order valence-corrected chi connectivity index (χ4v) is 4.41. The number of imidazole rings is 1. The van der Waals surface area contributed by atoms with E-state index >= 15 is 0 Å². The van der Waals surface area contributed by atoms with Crippen molar-refractivity contribution < 1.29 is 9.90 Å². The van der Waals surface area contributed by atoms with Gasteiger partial charge in [-0.15, -0.1) is 11.3 Å². The van der Waals surface area contributed by atoms with Crippen molar-refractivity contribution in [1.82, 2.24) is 14.1 Å². The number of carboxylic acids is 1. The highest BCUT2D eigenvalue weighted by atomic mass is 32.1. The van der Waals surface area contributed by atoms with Crippen LogP contribution in [0.3, 0.4) is 0 Å². The fraction of sp³-hybridized carbons (Fsp3) is 0. The summed E-state index contributed by atoms with van der Waals surface area (Å²) in [6.45, 7) is 0. The molecule has 0 saturated heterocycles. The molecule has 0 bridgehead atoms. The van der Waals surface area contributed by atoms with E-state index in [1.807, 2.05) is 57.8 Å². The van der Waals surface area contributed by atoms with E-state index < -0.39 is 5.97 Å². The van der Waals surface area contributed by atoms with Crippen LogP contribution in [0.1, 0.15) is 15.2 Å². The Kier molecular flexibility index (Phi) is 4.20. The summed E-state index contributed by atoms with van der Waals surface area (Å²) in [6, 6.07) is 21.2. The third kappa shape index (κ3) is 2.96. The molecule has 0 spiro atoms. The van der Waals surface area contributed by atoms with Crippen LogP contribution in [-0.2, 0) is 0 Å². The summed E-state index contributed by atoms with van der Waals surface area (Å²) in [6.07, 6.45) is 5.37. The molecule has 0 radical (unpaired) electrons. The van der Waals surface area contributed by atoms with Gasteiger partial charge in [-0.2, -0.15) is 5.26 Å². The molecule has 5 aromatic rings. The maximum Gasteiger partial charge on any atom is 0.345 e. The van der Waals surface area contributed by atoms with Gasteiger partial charge in [0.15, 0.2) is 0 Å². The molecule has 0 aliphatic heterocycles. The molecular weight excluding hydrogens is 396 g/mol. The normalized spacial score (nSPS) is 10.9. The van der Waals surface area contributed by atoms with Gasteiger partial charge in [-0.1, -0.05) is 12.1 Å². The number of rotatable bonds is 4. The van der Waals surface area contributed by atoms with E-state index in [2.05, 4.69) is 11.1 Å². The van der Waals surface area contributed by atoms with Crippen LogP contribution in [0.4, 0.5) is 0 Å². The number of aromatic nitrogens is 3. The largest absolute Gasteiger partial charge is 0.477 e. The van der Waals surface area contributed by atoms with Crippen LogP contribution in [0.2, 0.25) is 0 Å². The van der Waals surface area contributed by atoms with Crippen LogP contribution in [0.25, 0.3) is 32.8 Å². The quantitative estimate of drug-likeness (QED) is 0.446. The molecule has 5 rings (SSSR count). The molecule has 0 aliphatic rings. The van der Waals surface area contributed by atoms with Crippen LogP contribution in [0.5, 0.6) is 0 Å². The monoisotopic (exact) mass is 410 g/mol. The van der Waals surface area contributed by atoms with Gasteiger partial charge in [0.2, 0.25) is 0 Å². The number of carboxylic acid groups (broad SMARTS) is 1. The molecule has 0 aliphatic carbocycles.